The normalized spacial score (nSPS) is 13.4. The molecule has 1 unspecified atom stereocenters. The van der Waals surface area contributed by atoms with Gasteiger partial charge in [-0.2, -0.15) is 0 Å². The minimum absolute atomic E-state index is 0.00599. The number of nitrogens with two attached hydrogens (primary N) is 1. The predicted octanol–water partition coefficient (Wildman–Crippen LogP) is 4.46. The number of aromatic nitrogens is 2. The average Bonchev–Trinajstić information content (AvgIpc) is 2.74. The van der Waals surface area contributed by atoms with E-state index in [4.69, 9.17) is 22.3 Å². The van der Waals surface area contributed by atoms with Crippen molar-refractivity contribution < 1.29 is 0 Å². The molecule has 4 heteroatoms. The van der Waals surface area contributed by atoms with Crippen LogP contribution in [0.4, 0.5) is 0 Å². The topological polar surface area (TPSA) is 43.8 Å². The molecule has 0 saturated heterocycles. The fraction of sp³-hybridized carbons (Fsp3) is 0.533. The number of hydrogen-bond donors (Lipinski definition) is 1. The van der Waals surface area contributed by atoms with Crippen molar-refractivity contribution in [1.82, 2.24) is 9.55 Å². The maximum absolute atomic E-state index is 6.31. The van der Waals surface area contributed by atoms with Gasteiger partial charge >= 0.3 is 0 Å². The van der Waals surface area contributed by atoms with Crippen molar-refractivity contribution in [3.8, 4) is 0 Å². The summed E-state index contributed by atoms with van der Waals surface area (Å²) >= 11 is 6.04. The summed E-state index contributed by atoms with van der Waals surface area (Å²) in [5, 5.41) is 0.717. The molecule has 1 atom stereocenters. The number of hydrogen-bond acceptors (Lipinski definition) is 2. The molecule has 104 valence electrons. The summed E-state index contributed by atoms with van der Waals surface area (Å²) in [6.45, 7) is 6.50. The molecule has 0 aliphatic rings. The highest BCUT2D eigenvalue weighted by Gasteiger charge is 2.18. The number of halogens is 1. The second kappa shape index (κ2) is 5.93. The summed E-state index contributed by atoms with van der Waals surface area (Å²) in [7, 11) is 0. The third kappa shape index (κ3) is 2.93. The van der Waals surface area contributed by atoms with E-state index in [0.717, 1.165) is 41.1 Å². The Morgan fingerprint density at radius 1 is 1.37 bits per heavy atom. The number of rotatable bonds is 5. The summed E-state index contributed by atoms with van der Waals surface area (Å²) in [5.74, 6) is 0.973. The molecule has 0 aliphatic heterocycles. The summed E-state index contributed by atoms with van der Waals surface area (Å²) in [4.78, 5) is 4.70. The predicted molar refractivity (Wildman–Crippen MR) is 81.6 cm³/mol. The van der Waals surface area contributed by atoms with E-state index in [0.29, 0.717) is 6.04 Å². The lowest BCUT2D eigenvalue weighted by Gasteiger charge is -2.17. The molecule has 2 rings (SSSR count). The quantitative estimate of drug-likeness (QED) is 0.878. The maximum atomic E-state index is 6.31. The van der Waals surface area contributed by atoms with Crippen molar-refractivity contribution in [3.05, 3.63) is 29.0 Å². The van der Waals surface area contributed by atoms with Crippen molar-refractivity contribution in [1.29, 1.82) is 0 Å². The van der Waals surface area contributed by atoms with E-state index in [-0.39, 0.29) is 6.04 Å². The number of benzene rings is 1. The average molecular weight is 280 g/mol. The van der Waals surface area contributed by atoms with Gasteiger partial charge in [0.25, 0.3) is 0 Å². The zero-order chi connectivity index (χ0) is 14.0. The first-order valence-corrected chi connectivity index (χ1v) is 7.35. The minimum atomic E-state index is -0.00599. The van der Waals surface area contributed by atoms with Gasteiger partial charge in [0.1, 0.15) is 5.82 Å². The monoisotopic (exact) mass is 279 g/mol. The highest BCUT2D eigenvalue weighted by molar-refractivity contribution is 6.31. The highest BCUT2D eigenvalue weighted by Crippen LogP contribution is 2.27. The SMILES string of the molecule is CCCCC(N)c1nc2cc(Cl)ccc2n1C(C)C. The van der Waals surface area contributed by atoms with Crippen molar-refractivity contribution in [2.24, 2.45) is 5.73 Å². The van der Waals surface area contributed by atoms with Crippen LogP contribution < -0.4 is 5.73 Å². The largest absolute Gasteiger partial charge is 0.324 e. The van der Waals surface area contributed by atoms with Crippen molar-refractivity contribution >= 4 is 22.6 Å². The summed E-state index contributed by atoms with van der Waals surface area (Å²) < 4.78 is 2.23. The molecular formula is C15H22ClN3. The second-order valence-electron chi connectivity index (χ2n) is 5.32. The van der Waals surface area contributed by atoms with Crippen LogP contribution in [0, 0.1) is 0 Å². The molecule has 19 heavy (non-hydrogen) atoms. The Hall–Kier alpha value is -1.06. The van der Waals surface area contributed by atoms with Gasteiger partial charge < -0.3 is 10.3 Å². The molecule has 1 heterocycles. The van der Waals surface area contributed by atoms with Gasteiger partial charge in [-0.1, -0.05) is 31.4 Å². The lowest BCUT2D eigenvalue weighted by molar-refractivity contribution is 0.510. The van der Waals surface area contributed by atoms with Crippen LogP contribution in [0.2, 0.25) is 5.02 Å². The Balaban J connectivity index is 2.49. The number of unbranched alkanes of at least 4 members (excludes halogenated alkanes) is 1. The van der Waals surface area contributed by atoms with Crippen LogP contribution in [0.15, 0.2) is 18.2 Å². The molecule has 1 aromatic heterocycles. The first-order chi connectivity index (χ1) is 9.04. The van der Waals surface area contributed by atoms with Crippen LogP contribution in [-0.2, 0) is 0 Å². The van der Waals surface area contributed by atoms with Crippen LogP contribution in [-0.4, -0.2) is 9.55 Å². The molecule has 0 radical (unpaired) electrons. The molecule has 0 amide bonds. The fourth-order valence-corrected chi connectivity index (χ4v) is 2.61. The van der Waals surface area contributed by atoms with Gasteiger partial charge in [-0.15, -0.1) is 0 Å². The van der Waals surface area contributed by atoms with E-state index in [1.54, 1.807) is 0 Å². The first kappa shape index (κ1) is 14.4. The van der Waals surface area contributed by atoms with Gasteiger partial charge in [0, 0.05) is 11.1 Å². The first-order valence-electron chi connectivity index (χ1n) is 6.97. The summed E-state index contributed by atoms with van der Waals surface area (Å²) in [6.07, 6.45) is 3.25. The van der Waals surface area contributed by atoms with Gasteiger partial charge in [-0.25, -0.2) is 4.98 Å². The third-order valence-electron chi connectivity index (χ3n) is 3.40. The van der Waals surface area contributed by atoms with Gasteiger partial charge in [-0.05, 0) is 38.5 Å². The van der Waals surface area contributed by atoms with Crippen LogP contribution in [0.25, 0.3) is 11.0 Å². The summed E-state index contributed by atoms with van der Waals surface area (Å²) in [5.41, 5.74) is 8.35. The van der Waals surface area contributed by atoms with Crippen molar-refractivity contribution in [2.75, 3.05) is 0 Å². The standard InChI is InChI=1S/C15H22ClN3/c1-4-5-6-12(17)15-18-13-9-11(16)7-8-14(13)19(15)10(2)3/h7-10,12H,4-6,17H2,1-3H3. The van der Waals surface area contributed by atoms with Crippen molar-refractivity contribution in [2.45, 2.75) is 52.1 Å². The Bertz CT molecular complexity index is 560. The van der Waals surface area contributed by atoms with E-state index >= 15 is 0 Å². The van der Waals surface area contributed by atoms with Crippen LogP contribution in [0.1, 0.15) is 57.9 Å². The molecule has 3 nitrogen and oxygen atoms in total. The maximum Gasteiger partial charge on any atom is 0.127 e. The molecule has 0 aliphatic carbocycles. The van der Waals surface area contributed by atoms with E-state index in [1.165, 1.54) is 0 Å². The third-order valence-corrected chi connectivity index (χ3v) is 3.63. The van der Waals surface area contributed by atoms with Gasteiger partial charge in [0.15, 0.2) is 0 Å². The molecular weight excluding hydrogens is 258 g/mol. The Morgan fingerprint density at radius 2 is 2.11 bits per heavy atom. The van der Waals surface area contributed by atoms with Crippen LogP contribution >= 0.6 is 11.6 Å². The van der Waals surface area contributed by atoms with E-state index in [1.807, 2.05) is 18.2 Å². The molecule has 0 bridgehead atoms. The Morgan fingerprint density at radius 3 is 2.74 bits per heavy atom. The molecule has 2 N–H and O–H groups in total. The second-order valence-corrected chi connectivity index (χ2v) is 5.75. The Labute approximate surface area is 119 Å². The molecule has 2 aromatic rings. The van der Waals surface area contributed by atoms with E-state index < -0.39 is 0 Å². The zero-order valence-electron chi connectivity index (χ0n) is 11.9. The lowest BCUT2D eigenvalue weighted by Crippen LogP contribution is -2.17. The fourth-order valence-electron chi connectivity index (χ4n) is 2.45. The van der Waals surface area contributed by atoms with Gasteiger partial charge in [0.05, 0.1) is 17.1 Å². The van der Waals surface area contributed by atoms with E-state index in [9.17, 15) is 0 Å². The van der Waals surface area contributed by atoms with Crippen molar-refractivity contribution in [3.63, 3.8) is 0 Å². The number of nitrogens with zero attached hydrogens (tertiary/aromatic N) is 2. The lowest BCUT2D eigenvalue weighted by atomic mass is 10.1. The molecule has 1 aromatic carbocycles. The van der Waals surface area contributed by atoms with Gasteiger partial charge in [0.2, 0.25) is 0 Å². The molecule has 0 fully saturated rings. The van der Waals surface area contributed by atoms with E-state index in [2.05, 4.69) is 25.3 Å². The summed E-state index contributed by atoms with van der Waals surface area (Å²) in [6, 6.07) is 6.18. The molecule has 0 saturated carbocycles. The minimum Gasteiger partial charge on any atom is -0.324 e. The van der Waals surface area contributed by atoms with Crippen LogP contribution in [0.3, 0.4) is 0 Å². The number of fused-ring (bicyclic) bond motifs is 1. The Kier molecular flexibility index (Phi) is 4.48. The smallest absolute Gasteiger partial charge is 0.127 e. The molecule has 0 spiro atoms. The van der Waals surface area contributed by atoms with Crippen LogP contribution in [0.5, 0.6) is 0 Å². The number of imidazole rings is 1. The van der Waals surface area contributed by atoms with Gasteiger partial charge in [-0.3, -0.25) is 0 Å². The zero-order valence-corrected chi connectivity index (χ0v) is 12.6. The highest BCUT2D eigenvalue weighted by atomic mass is 35.5.